The molecule has 1 aromatic carbocycles. The fraction of sp³-hybridized carbons (Fsp3) is 0.625. The molecule has 0 amide bonds. The van der Waals surface area contributed by atoms with E-state index in [-0.39, 0.29) is 21.7 Å². The standard InChI is InChI=1S/C16H28BFO3Si/c1-15(2,3)11-9-10-12(17(19)20)13(18)14(11)21-22(7,8)16(4,5)6/h9-10,19-20H,1-8H3. The Morgan fingerprint density at radius 3 is 1.91 bits per heavy atom. The van der Waals surface area contributed by atoms with Gasteiger partial charge in [-0.15, -0.1) is 0 Å². The Balaban J connectivity index is 3.52. The molecule has 22 heavy (non-hydrogen) atoms. The summed E-state index contributed by atoms with van der Waals surface area (Å²) in [6.45, 7) is 16.3. The predicted molar refractivity (Wildman–Crippen MR) is 92.8 cm³/mol. The van der Waals surface area contributed by atoms with Gasteiger partial charge in [0.15, 0.2) is 5.82 Å². The van der Waals surface area contributed by atoms with E-state index in [1.807, 2.05) is 33.9 Å². The van der Waals surface area contributed by atoms with Gasteiger partial charge in [-0.3, -0.25) is 0 Å². The van der Waals surface area contributed by atoms with Crippen LogP contribution in [0.25, 0.3) is 0 Å². The molecule has 124 valence electrons. The predicted octanol–water partition coefficient (Wildman–Crippen LogP) is 3.19. The summed E-state index contributed by atoms with van der Waals surface area (Å²) in [7, 11) is -4.10. The molecule has 6 heteroatoms. The van der Waals surface area contributed by atoms with Crippen molar-refractivity contribution in [3.8, 4) is 5.75 Å². The molecule has 1 rings (SSSR count). The first-order valence-corrected chi connectivity index (χ1v) is 10.5. The minimum Gasteiger partial charge on any atom is -0.541 e. The van der Waals surface area contributed by atoms with Gasteiger partial charge in [0.25, 0.3) is 8.32 Å². The van der Waals surface area contributed by atoms with Crippen molar-refractivity contribution in [2.24, 2.45) is 0 Å². The lowest BCUT2D eigenvalue weighted by Crippen LogP contribution is -2.45. The summed E-state index contributed by atoms with van der Waals surface area (Å²) in [5.41, 5.74) is 0.276. The van der Waals surface area contributed by atoms with Crippen molar-refractivity contribution in [1.29, 1.82) is 0 Å². The highest BCUT2D eigenvalue weighted by Crippen LogP contribution is 2.41. The molecular weight excluding hydrogens is 298 g/mol. The van der Waals surface area contributed by atoms with Crippen LogP contribution in [-0.2, 0) is 5.41 Å². The van der Waals surface area contributed by atoms with E-state index in [4.69, 9.17) is 4.43 Å². The summed E-state index contributed by atoms with van der Waals surface area (Å²) in [6, 6.07) is 3.14. The van der Waals surface area contributed by atoms with Crippen molar-refractivity contribution in [2.75, 3.05) is 0 Å². The Morgan fingerprint density at radius 2 is 1.55 bits per heavy atom. The Morgan fingerprint density at radius 1 is 1.05 bits per heavy atom. The third-order valence-corrected chi connectivity index (χ3v) is 8.70. The second kappa shape index (κ2) is 5.98. The molecule has 0 heterocycles. The summed E-state index contributed by atoms with van der Waals surface area (Å²) in [6.07, 6.45) is 0. The van der Waals surface area contributed by atoms with Gasteiger partial charge in [-0.05, 0) is 23.5 Å². The van der Waals surface area contributed by atoms with Crippen molar-refractivity contribution in [2.45, 2.75) is 65.1 Å². The van der Waals surface area contributed by atoms with Crippen molar-refractivity contribution in [3.63, 3.8) is 0 Å². The fourth-order valence-electron chi connectivity index (χ4n) is 1.87. The highest BCUT2D eigenvalue weighted by atomic mass is 28.4. The lowest BCUT2D eigenvalue weighted by Gasteiger charge is -2.38. The molecule has 0 fully saturated rings. The maximum absolute atomic E-state index is 14.8. The smallest absolute Gasteiger partial charge is 0.491 e. The Labute approximate surface area is 134 Å². The SMILES string of the molecule is CC(C)(C)c1ccc(B(O)O)c(F)c1O[Si](C)(C)C(C)(C)C. The van der Waals surface area contributed by atoms with E-state index >= 15 is 0 Å². The normalized spacial score (nSPS) is 13.2. The molecule has 0 aliphatic rings. The highest BCUT2D eigenvalue weighted by Gasteiger charge is 2.41. The van der Waals surface area contributed by atoms with E-state index < -0.39 is 21.3 Å². The van der Waals surface area contributed by atoms with E-state index in [0.29, 0.717) is 0 Å². The average Bonchev–Trinajstić information content (AvgIpc) is 2.27. The van der Waals surface area contributed by atoms with Gasteiger partial charge >= 0.3 is 7.12 Å². The summed E-state index contributed by atoms with van der Waals surface area (Å²) in [4.78, 5) is 0. The van der Waals surface area contributed by atoms with Crippen LogP contribution in [0.2, 0.25) is 18.1 Å². The van der Waals surface area contributed by atoms with Crippen molar-refractivity contribution >= 4 is 20.9 Å². The molecule has 0 unspecified atom stereocenters. The monoisotopic (exact) mass is 326 g/mol. The molecular formula is C16H28BFO3Si. The van der Waals surface area contributed by atoms with E-state index in [2.05, 4.69) is 20.8 Å². The van der Waals surface area contributed by atoms with Crippen LogP contribution in [0.15, 0.2) is 12.1 Å². The summed E-state index contributed by atoms with van der Waals surface area (Å²) >= 11 is 0. The van der Waals surface area contributed by atoms with E-state index in [9.17, 15) is 14.4 Å². The van der Waals surface area contributed by atoms with Gasteiger partial charge in [0, 0.05) is 11.0 Å². The maximum atomic E-state index is 14.8. The summed E-state index contributed by atoms with van der Waals surface area (Å²) in [5.74, 6) is -0.517. The second-order valence-corrected chi connectivity index (χ2v) is 13.1. The fourth-order valence-corrected chi connectivity index (χ4v) is 2.89. The molecule has 0 radical (unpaired) electrons. The largest absolute Gasteiger partial charge is 0.541 e. The zero-order valence-corrected chi connectivity index (χ0v) is 15.9. The van der Waals surface area contributed by atoms with Gasteiger partial charge < -0.3 is 14.5 Å². The Kier molecular flexibility index (Phi) is 5.22. The molecule has 1 aromatic rings. The third-order valence-electron chi connectivity index (χ3n) is 4.38. The van der Waals surface area contributed by atoms with Gasteiger partial charge in [-0.1, -0.05) is 53.7 Å². The first-order chi connectivity index (χ1) is 9.68. The number of hydrogen-bond donors (Lipinski definition) is 2. The zero-order valence-electron chi connectivity index (χ0n) is 14.9. The van der Waals surface area contributed by atoms with Crippen LogP contribution in [0.4, 0.5) is 4.39 Å². The molecule has 2 N–H and O–H groups in total. The minimum absolute atomic E-state index is 0.0809. The van der Waals surface area contributed by atoms with E-state index in [0.717, 1.165) is 5.56 Å². The molecule has 0 aromatic heterocycles. The molecule has 0 aliphatic heterocycles. The molecule has 0 atom stereocenters. The summed E-state index contributed by atoms with van der Waals surface area (Å²) < 4.78 is 21.0. The Hall–Kier alpha value is -0.848. The molecule has 0 saturated carbocycles. The van der Waals surface area contributed by atoms with Crippen molar-refractivity contribution < 1.29 is 18.9 Å². The topological polar surface area (TPSA) is 49.7 Å². The number of rotatable bonds is 3. The quantitative estimate of drug-likeness (QED) is 0.839. The van der Waals surface area contributed by atoms with Crippen LogP contribution in [0, 0.1) is 5.82 Å². The lowest BCUT2D eigenvalue weighted by molar-refractivity contribution is 0.414. The van der Waals surface area contributed by atoms with Gasteiger partial charge in [-0.2, -0.15) is 0 Å². The van der Waals surface area contributed by atoms with Crippen molar-refractivity contribution in [3.05, 3.63) is 23.5 Å². The molecule has 3 nitrogen and oxygen atoms in total. The van der Waals surface area contributed by atoms with Gasteiger partial charge in [0.2, 0.25) is 0 Å². The minimum atomic E-state index is -2.25. The van der Waals surface area contributed by atoms with Crippen LogP contribution in [0.1, 0.15) is 47.1 Å². The zero-order chi connectivity index (χ0) is 17.5. The van der Waals surface area contributed by atoms with E-state index in [1.165, 1.54) is 6.07 Å². The van der Waals surface area contributed by atoms with Crippen LogP contribution >= 0.6 is 0 Å². The van der Waals surface area contributed by atoms with Crippen LogP contribution in [0.5, 0.6) is 5.75 Å². The van der Waals surface area contributed by atoms with Crippen LogP contribution in [-0.4, -0.2) is 25.5 Å². The second-order valence-electron chi connectivity index (χ2n) is 8.33. The third kappa shape index (κ3) is 3.91. The van der Waals surface area contributed by atoms with Crippen LogP contribution in [0.3, 0.4) is 0 Å². The van der Waals surface area contributed by atoms with Crippen LogP contribution < -0.4 is 9.89 Å². The van der Waals surface area contributed by atoms with Gasteiger partial charge in [0.05, 0.1) is 0 Å². The summed E-state index contributed by atoms with van der Waals surface area (Å²) in [5, 5.41) is 18.6. The van der Waals surface area contributed by atoms with Crippen molar-refractivity contribution in [1.82, 2.24) is 0 Å². The first kappa shape index (κ1) is 19.2. The molecule has 0 aliphatic carbocycles. The highest BCUT2D eigenvalue weighted by molar-refractivity contribution is 6.74. The maximum Gasteiger partial charge on any atom is 0.491 e. The average molecular weight is 326 g/mol. The molecule has 0 bridgehead atoms. The van der Waals surface area contributed by atoms with Gasteiger partial charge in [-0.25, -0.2) is 4.39 Å². The molecule has 0 saturated heterocycles. The van der Waals surface area contributed by atoms with Gasteiger partial charge in [0.1, 0.15) is 5.75 Å². The number of halogens is 1. The molecule has 0 spiro atoms. The first-order valence-electron chi connectivity index (χ1n) is 7.56. The van der Waals surface area contributed by atoms with E-state index in [1.54, 1.807) is 6.07 Å². The number of benzene rings is 1. The lowest BCUT2D eigenvalue weighted by atomic mass is 9.76. The Bertz CT molecular complexity index is 546. The number of hydrogen-bond acceptors (Lipinski definition) is 3.